The maximum atomic E-state index is 2.42. The molecular formula is C18H23N. The first kappa shape index (κ1) is 13.7. The second-order valence-corrected chi connectivity index (χ2v) is 5.55. The number of aryl methyl sites for hydroxylation is 3. The topological polar surface area (TPSA) is 3.24 Å². The maximum Gasteiger partial charge on any atom is 0.0472 e. The van der Waals surface area contributed by atoms with E-state index in [1.54, 1.807) is 0 Å². The number of nitrogens with zero attached hydrogens (tertiary/aromatic N) is 1. The van der Waals surface area contributed by atoms with E-state index in [4.69, 9.17) is 0 Å². The minimum atomic E-state index is 0.433. The zero-order chi connectivity index (χ0) is 14.0. The molecular weight excluding hydrogens is 230 g/mol. The minimum Gasteiger partial charge on any atom is -0.338 e. The summed E-state index contributed by atoms with van der Waals surface area (Å²) < 4.78 is 0. The van der Waals surface area contributed by atoms with Crippen LogP contribution in [0.5, 0.6) is 0 Å². The second kappa shape index (κ2) is 5.48. The lowest BCUT2D eigenvalue weighted by atomic mass is 10.0. The van der Waals surface area contributed by atoms with Gasteiger partial charge >= 0.3 is 0 Å². The molecule has 2 rings (SSSR count). The summed E-state index contributed by atoms with van der Waals surface area (Å²) in [4.78, 5) is 2.42. The Morgan fingerprint density at radius 3 is 1.84 bits per heavy atom. The van der Waals surface area contributed by atoms with Crippen LogP contribution in [0.4, 0.5) is 11.4 Å². The molecule has 1 heteroatoms. The highest BCUT2D eigenvalue weighted by Gasteiger charge is 2.17. The van der Waals surface area contributed by atoms with Crippen molar-refractivity contribution in [1.82, 2.24) is 0 Å². The van der Waals surface area contributed by atoms with Crippen molar-refractivity contribution in [2.45, 2.75) is 40.7 Å². The van der Waals surface area contributed by atoms with Crippen LogP contribution in [0.15, 0.2) is 42.5 Å². The maximum absolute atomic E-state index is 2.42. The third kappa shape index (κ3) is 2.81. The third-order valence-corrected chi connectivity index (χ3v) is 3.43. The molecule has 0 radical (unpaired) electrons. The molecule has 0 fully saturated rings. The van der Waals surface area contributed by atoms with E-state index in [0.717, 1.165) is 0 Å². The zero-order valence-corrected chi connectivity index (χ0v) is 12.6. The Bertz CT molecular complexity index is 532. The van der Waals surface area contributed by atoms with Crippen LogP contribution in [0.1, 0.15) is 30.5 Å². The van der Waals surface area contributed by atoms with E-state index in [0.29, 0.717) is 6.04 Å². The van der Waals surface area contributed by atoms with Crippen molar-refractivity contribution in [3.05, 3.63) is 59.2 Å². The molecule has 2 aromatic carbocycles. The molecule has 0 amide bonds. The number of hydrogen-bond donors (Lipinski definition) is 0. The molecule has 0 aliphatic rings. The summed E-state index contributed by atoms with van der Waals surface area (Å²) in [6, 6.07) is 15.6. The number of para-hydroxylation sites is 1. The molecule has 100 valence electrons. The van der Waals surface area contributed by atoms with E-state index >= 15 is 0 Å². The van der Waals surface area contributed by atoms with Gasteiger partial charge in [0.1, 0.15) is 0 Å². The van der Waals surface area contributed by atoms with Crippen molar-refractivity contribution in [3.8, 4) is 0 Å². The first-order chi connectivity index (χ1) is 9.00. The predicted molar refractivity (Wildman–Crippen MR) is 84.4 cm³/mol. The Hall–Kier alpha value is -1.76. The molecule has 0 bridgehead atoms. The van der Waals surface area contributed by atoms with Crippen molar-refractivity contribution in [1.29, 1.82) is 0 Å². The smallest absolute Gasteiger partial charge is 0.0472 e. The molecule has 2 aromatic rings. The van der Waals surface area contributed by atoms with E-state index < -0.39 is 0 Å². The largest absolute Gasteiger partial charge is 0.338 e. The predicted octanol–water partition coefficient (Wildman–Crippen LogP) is 5.16. The quantitative estimate of drug-likeness (QED) is 0.730. The highest BCUT2D eigenvalue weighted by molar-refractivity contribution is 5.70. The lowest BCUT2D eigenvalue weighted by molar-refractivity contribution is 0.783. The van der Waals surface area contributed by atoms with Crippen molar-refractivity contribution in [2.24, 2.45) is 0 Å². The molecule has 1 nitrogen and oxygen atoms in total. The van der Waals surface area contributed by atoms with E-state index in [1.165, 1.54) is 28.1 Å². The molecule has 0 saturated heterocycles. The van der Waals surface area contributed by atoms with Gasteiger partial charge in [-0.15, -0.1) is 0 Å². The molecule has 0 aromatic heterocycles. The number of anilines is 2. The van der Waals surface area contributed by atoms with Gasteiger partial charge in [-0.2, -0.15) is 0 Å². The highest BCUT2D eigenvalue weighted by atomic mass is 15.2. The second-order valence-electron chi connectivity index (χ2n) is 5.55. The van der Waals surface area contributed by atoms with Crippen LogP contribution in [0.2, 0.25) is 0 Å². The van der Waals surface area contributed by atoms with E-state index in [9.17, 15) is 0 Å². The van der Waals surface area contributed by atoms with Gasteiger partial charge in [-0.25, -0.2) is 0 Å². The first-order valence-electron chi connectivity index (χ1n) is 6.93. The van der Waals surface area contributed by atoms with Gasteiger partial charge in [-0.05, 0) is 57.9 Å². The summed E-state index contributed by atoms with van der Waals surface area (Å²) >= 11 is 0. The van der Waals surface area contributed by atoms with Crippen molar-refractivity contribution < 1.29 is 0 Å². The standard InChI is InChI=1S/C18H23N/c1-13(2)19(17-9-7-6-8-10-17)18-15(4)11-14(3)12-16(18)5/h6-13H,1-5H3. The van der Waals surface area contributed by atoms with Crippen LogP contribution in [-0.2, 0) is 0 Å². The Morgan fingerprint density at radius 2 is 1.37 bits per heavy atom. The Morgan fingerprint density at radius 1 is 0.842 bits per heavy atom. The van der Waals surface area contributed by atoms with Gasteiger partial charge in [-0.1, -0.05) is 35.9 Å². The van der Waals surface area contributed by atoms with Crippen LogP contribution < -0.4 is 4.90 Å². The fourth-order valence-corrected chi connectivity index (χ4v) is 2.83. The van der Waals surface area contributed by atoms with Crippen LogP contribution in [0.25, 0.3) is 0 Å². The molecule has 0 atom stereocenters. The van der Waals surface area contributed by atoms with Crippen molar-refractivity contribution in [2.75, 3.05) is 4.90 Å². The highest BCUT2D eigenvalue weighted by Crippen LogP contribution is 2.34. The molecule has 0 unspecified atom stereocenters. The number of rotatable bonds is 3. The van der Waals surface area contributed by atoms with Crippen LogP contribution in [0.3, 0.4) is 0 Å². The SMILES string of the molecule is Cc1cc(C)c(N(c2ccccc2)C(C)C)c(C)c1. The van der Waals surface area contributed by atoms with Gasteiger partial charge < -0.3 is 4.90 Å². The number of benzene rings is 2. The Kier molecular flexibility index (Phi) is 3.94. The lowest BCUT2D eigenvalue weighted by Gasteiger charge is -2.32. The summed E-state index contributed by atoms with van der Waals surface area (Å²) in [6.07, 6.45) is 0. The summed E-state index contributed by atoms with van der Waals surface area (Å²) in [5.74, 6) is 0. The minimum absolute atomic E-state index is 0.433. The molecule has 0 heterocycles. The summed E-state index contributed by atoms with van der Waals surface area (Å²) in [5.41, 5.74) is 6.61. The molecule has 0 saturated carbocycles. The lowest BCUT2D eigenvalue weighted by Crippen LogP contribution is -2.26. The van der Waals surface area contributed by atoms with Gasteiger partial charge in [0.15, 0.2) is 0 Å². The van der Waals surface area contributed by atoms with Gasteiger partial charge in [-0.3, -0.25) is 0 Å². The Labute approximate surface area is 116 Å². The van der Waals surface area contributed by atoms with E-state index in [-0.39, 0.29) is 0 Å². The molecule has 0 aliphatic heterocycles. The summed E-state index contributed by atoms with van der Waals surface area (Å²) in [5, 5.41) is 0. The fraction of sp³-hybridized carbons (Fsp3) is 0.333. The summed E-state index contributed by atoms with van der Waals surface area (Å²) in [7, 11) is 0. The van der Waals surface area contributed by atoms with Gasteiger partial charge in [0.2, 0.25) is 0 Å². The van der Waals surface area contributed by atoms with Gasteiger partial charge in [0.25, 0.3) is 0 Å². The average Bonchev–Trinajstić information content (AvgIpc) is 2.34. The molecule has 0 aliphatic carbocycles. The fourth-order valence-electron chi connectivity index (χ4n) is 2.83. The first-order valence-corrected chi connectivity index (χ1v) is 6.93. The number of hydrogen-bond acceptors (Lipinski definition) is 1. The van der Waals surface area contributed by atoms with Gasteiger partial charge in [0.05, 0.1) is 0 Å². The van der Waals surface area contributed by atoms with E-state index in [1.807, 2.05) is 0 Å². The summed E-state index contributed by atoms with van der Waals surface area (Å²) in [6.45, 7) is 11.0. The zero-order valence-electron chi connectivity index (χ0n) is 12.6. The molecule has 0 N–H and O–H groups in total. The molecule has 19 heavy (non-hydrogen) atoms. The van der Waals surface area contributed by atoms with E-state index in [2.05, 4.69) is 82.0 Å². The van der Waals surface area contributed by atoms with Crippen LogP contribution >= 0.6 is 0 Å². The van der Waals surface area contributed by atoms with Crippen molar-refractivity contribution in [3.63, 3.8) is 0 Å². The average molecular weight is 253 g/mol. The molecule has 0 spiro atoms. The third-order valence-electron chi connectivity index (χ3n) is 3.43. The normalized spacial score (nSPS) is 10.8. The van der Waals surface area contributed by atoms with Crippen molar-refractivity contribution >= 4 is 11.4 Å². The van der Waals surface area contributed by atoms with Gasteiger partial charge in [0, 0.05) is 17.4 Å². The Balaban J connectivity index is 2.58. The van der Waals surface area contributed by atoms with Crippen LogP contribution in [-0.4, -0.2) is 6.04 Å². The van der Waals surface area contributed by atoms with Crippen LogP contribution in [0, 0.1) is 20.8 Å². The monoisotopic (exact) mass is 253 g/mol.